The van der Waals surface area contributed by atoms with Crippen molar-refractivity contribution in [3.63, 3.8) is 0 Å². The molecule has 0 saturated carbocycles. The predicted molar refractivity (Wildman–Crippen MR) is 221 cm³/mol. The maximum atomic E-state index is 6.50. The molecule has 1 unspecified atom stereocenters. The van der Waals surface area contributed by atoms with Crippen molar-refractivity contribution in [1.29, 1.82) is 0 Å². The first-order chi connectivity index (χ1) is 24.5. The van der Waals surface area contributed by atoms with Gasteiger partial charge in [-0.25, -0.2) is 9.67 Å². The molecular weight excluding hydrogens is 703 g/mol. The standard InChI is InChI=1S/C39H59N5O5Si3/c1-13-48-39(52(10,11)12)44-33-23-29(31-24-35(45-3)36(22-28(31)2)49-27-47-19-21-51(7,8)9)14-15-30(33)37(42-44)38-41-32-16-17-40-25-34(32)43(38)26-46-18-20-50(4,5)6/h14-17,22-25,39H,13,18-21,26-27H2,1-12H3. The first-order valence-electron chi connectivity index (χ1n) is 18.4. The molecule has 5 aromatic rings. The van der Waals surface area contributed by atoms with E-state index < -0.39 is 24.2 Å². The minimum atomic E-state index is -1.93. The number of nitrogens with zero attached hydrogens (tertiary/aromatic N) is 5. The van der Waals surface area contributed by atoms with Gasteiger partial charge in [-0.1, -0.05) is 65.0 Å². The average molecular weight is 762 g/mol. The first kappa shape index (κ1) is 39.9. The second-order valence-electron chi connectivity index (χ2n) is 17.1. The van der Waals surface area contributed by atoms with Gasteiger partial charge in [0, 0.05) is 47.6 Å². The molecule has 1 atom stereocenters. The Hall–Kier alpha value is -3.34. The molecule has 0 aliphatic carbocycles. The van der Waals surface area contributed by atoms with Crippen LogP contribution in [0, 0.1) is 6.92 Å². The van der Waals surface area contributed by atoms with E-state index in [9.17, 15) is 0 Å². The summed E-state index contributed by atoms with van der Waals surface area (Å²) in [6, 6.07) is 14.8. The van der Waals surface area contributed by atoms with Crippen LogP contribution in [0.5, 0.6) is 11.5 Å². The van der Waals surface area contributed by atoms with E-state index in [-0.39, 0.29) is 12.6 Å². The number of imidazole rings is 1. The summed E-state index contributed by atoms with van der Waals surface area (Å²) in [7, 11) is -2.68. The van der Waals surface area contributed by atoms with E-state index in [4.69, 9.17) is 33.8 Å². The van der Waals surface area contributed by atoms with Gasteiger partial charge in [0.15, 0.2) is 24.1 Å². The third-order valence-corrected chi connectivity index (χ3v) is 14.4. The van der Waals surface area contributed by atoms with Gasteiger partial charge < -0.3 is 23.7 Å². The molecule has 13 heteroatoms. The number of rotatable bonds is 18. The van der Waals surface area contributed by atoms with E-state index in [0.29, 0.717) is 38.1 Å². The van der Waals surface area contributed by atoms with Gasteiger partial charge in [0.25, 0.3) is 0 Å². The molecule has 282 valence electrons. The van der Waals surface area contributed by atoms with Crippen LogP contribution in [0.15, 0.2) is 48.8 Å². The number of aryl methyl sites for hydroxylation is 1. The second kappa shape index (κ2) is 16.4. The van der Waals surface area contributed by atoms with Gasteiger partial charge in [0.05, 0.1) is 29.9 Å². The number of fused-ring (bicyclic) bond motifs is 2. The van der Waals surface area contributed by atoms with Gasteiger partial charge >= 0.3 is 0 Å². The quantitative estimate of drug-likeness (QED) is 0.0495. The number of pyridine rings is 1. The zero-order chi connectivity index (χ0) is 37.8. The van der Waals surface area contributed by atoms with Crippen molar-refractivity contribution >= 4 is 46.2 Å². The molecule has 52 heavy (non-hydrogen) atoms. The lowest BCUT2D eigenvalue weighted by molar-refractivity contribution is 0.0205. The van der Waals surface area contributed by atoms with Crippen molar-refractivity contribution in [3.05, 3.63) is 54.4 Å². The Kier molecular flexibility index (Phi) is 12.5. The summed E-state index contributed by atoms with van der Waals surface area (Å²) >= 11 is 0. The van der Waals surface area contributed by atoms with Crippen LogP contribution in [0.25, 0.3) is 44.6 Å². The molecule has 2 aromatic carbocycles. The molecule has 0 spiro atoms. The van der Waals surface area contributed by atoms with Gasteiger partial charge in [-0.15, -0.1) is 0 Å². The molecule has 0 aliphatic rings. The summed E-state index contributed by atoms with van der Waals surface area (Å²) in [4.78, 5) is 9.56. The number of ether oxygens (including phenoxy) is 5. The fourth-order valence-electron chi connectivity index (χ4n) is 6.10. The van der Waals surface area contributed by atoms with Crippen molar-refractivity contribution < 1.29 is 23.7 Å². The lowest BCUT2D eigenvalue weighted by Crippen LogP contribution is -2.37. The number of benzene rings is 2. The zero-order valence-electron chi connectivity index (χ0n) is 33.4. The van der Waals surface area contributed by atoms with Crippen molar-refractivity contribution in [2.24, 2.45) is 0 Å². The smallest absolute Gasteiger partial charge is 0.189 e. The Balaban J connectivity index is 1.59. The normalized spacial score (nSPS) is 13.3. The molecule has 0 N–H and O–H groups in total. The summed E-state index contributed by atoms with van der Waals surface area (Å²) in [5.74, 6) is 1.89. The maximum Gasteiger partial charge on any atom is 0.189 e. The first-order valence-corrected chi connectivity index (χ1v) is 29.4. The van der Waals surface area contributed by atoms with Gasteiger partial charge in [-0.3, -0.25) is 9.55 Å². The maximum absolute atomic E-state index is 6.50. The van der Waals surface area contributed by atoms with Crippen LogP contribution in [0.3, 0.4) is 0 Å². The average Bonchev–Trinajstić information content (AvgIpc) is 3.61. The van der Waals surface area contributed by atoms with Crippen LogP contribution in [0.4, 0.5) is 0 Å². The second-order valence-corrected chi connectivity index (χ2v) is 33.5. The topological polar surface area (TPSA) is 94.7 Å². The van der Waals surface area contributed by atoms with Crippen molar-refractivity contribution in [2.75, 3.05) is 33.7 Å². The Morgan fingerprint density at radius 3 is 2.19 bits per heavy atom. The number of hydrogen-bond donors (Lipinski definition) is 0. The highest BCUT2D eigenvalue weighted by atomic mass is 28.3. The van der Waals surface area contributed by atoms with Gasteiger partial charge in [-0.2, -0.15) is 5.10 Å². The van der Waals surface area contributed by atoms with E-state index in [1.807, 2.05) is 25.3 Å². The monoisotopic (exact) mass is 761 g/mol. The van der Waals surface area contributed by atoms with Gasteiger partial charge in [0.1, 0.15) is 26.3 Å². The van der Waals surface area contributed by atoms with Crippen LogP contribution < -0.4 is 9.47 Å². The molecule has 0 saturated heterocycles. The Bertz CT molecular complexity index is 1970. The Morgan fingerprint density at radius 2 is 1.54 bits per heavy atom. The van der Waals surface area contributed by atoms with E-state index in [0.717, 1.165) is 62.2 Å². The highest BCUT2D eigenvalue weighted by molar-refractivity contribution is 6.77. The molecule has 3 heterocycles. The number of hydrogen-bond acceptors (Lipinski definition) is 8. The lowest BCUT2D eigenvalue weighted by Gasteiger charge is -2.29. The number of methoxy groups -OCH3 is 1. The summed E-state index contributed by atoms with van der Waals surface area (Å²) in [6.45, 7) is 27.8. The van der Waals surface area contributed by atoms with Gasteiger partial charge in [0.2, 0.25) is 0 Å². The third kappa shape index (κ3) is 9.60. The van der Waals surface area contributed by atoms with Crippen molar-refractivity contribution in [2.45, 2.75) is 97.4 Å². The molecule has 3 aromatic heterocycles. The molecule has 5 rings (SSSR count). The highest BCUT2D eigenvalue weighted by Crippen LogP contribution is 2.40. The molecular formula is C39H59N5O5Si3. The molecule has 10 nitrogen and oxygen atoms in total. The van der Waals surface area contributed by atoms with Crippen LogP contribution in [0.1, 0.15) is 18.3 Å². The third-order valence-electron chi connectivity index (χ3n) is 9.09. The Morgan fingerprint density at radius 1 is 0.827 bits per heavy atom. The highest BCUT2D eigenvalue weighted by Gasteiger charge is 2.33. The summed E-state index contributed by atoms with van der Waals surface area (Å²) in [5, 5.41) is 6.35. The molecule has 0 radical (unpaired) electrons. The fraction of sp³-hybridized carbons (Fsp3) is 0.513. The molecule has 0 amide bonds. The van der Waals surface area contributed by atoms with E-state index in [1.165, 1.54) is 0 Å². The van der Waals surface area contributed by atoms with E-state index in [1.54, 1.807) is 13.3 Å². The van der Waals surface area contributed by atoms with Crippen molar-refractivity contribution in [3.8, 4) is 34.1 Å². The summed E-state index contributed by atoms with van der Waals surface area (Å²) in [5.41, 5.74) is 6.72. The largest absolute Gasteiger partial charge is 0.493 e. The lowest BCUT2D eigenvalue weighted by atomic mass is 9.98. The predicted octanol–water partition coefficient (Wildman–Crippen LogP) is 9.85. The van der Waals surface area contributed by atoms with Crippen LogP contribution in [-0.2, 0) is 20.9 Å². The van der Waals surface area contributed by atoms with Crippen LogP contribution in [0.2, 0.25) is 71.0 Å². The zero-order valence-corrected chi connectivity index (χ0v) is 36.4. The minimum absolute atomic E-state index is 0.188. The van der Waals surface area contributed by atoms with Gasteiger partial charge in [-0.05, 0) is 73.0 Å². The fourth-order valence-corrected chi connectivity index (χ4v) is 9.21. The van der Waals surface area contributed by atoms with Crippen LogP contribution in [-0.4, -0.2) is 82.3 Å². The molecule has 0 aliphatic heterocycles. The van der Waals surface area contributed by atoms with E-state index >= 15 is 0 Å². The Labute approximate surface area is 312 Å². The van der Waals surface area contributed by atoms with E-state index in [2.05, 4.69) is 104 Å². The molecule has 0 fully saturated rings. The number of aromatic nitrogens is 5. The SMILES string of the molecule is CCOC(n1nc(-c2nc3ccncc3n2COCC[Si](C)(C)C)c2ccc(-c3cc(OC)c(OCOCC[Si](C)(C)C)cc3C)cc21)[Si](C)(C)C. The summed E-state index contributed by atoms with van der Waals surface area (Å²) < 4.78 is 34.7. The summed E-state index contributed by atoms with van der Waals surface area (Å²) in [6.07, 6.45) is 3.64. The minimum Gasteiger partial charge on any atom is -0.493 e. The molecule has 0 bridgehead atoms. The van der Waals surface area contributed by atoms with Crippen molar-refractivity contribution in [1.82, 2.24) is 24.3 Å². The van der Waals surface area contributed by atoms with Crippen LogP contribution >= 0.6 is 0 Å².